The normalized spacial score (nSPS) is 22.7. The quantitative estimate of drug-likeness (QED) is 0.882. The predicted octanol–water partition coefficient (Wildman–Crippen LogP) is 2.76. The van der Waals surface area contributed by atoms with Gasteiger partial charge in [0.25, 0.3) is 0 Å². The predicted molar refractivity (Wildman–Crippen MR) is 96.6 cm³/mol. The van der Waals surface area contributed by atoms with Gasteiger partial charge in [-0.1, -0.05) is 24.3 Å². The third-order valence-corrected chi connectivity index (χ3v) is 4.76. The highest BCUT2D eigenvalue weighted by atomic mass is 16.6. The van der Waals surface area contributed by atoms with Crippen molar-refractivity contribution in [2.24, 2.45) is 0 Å². The Morgan fingerprint density at radius 2 is 1.96 bits per heavy atom. The molecule has 0 bridgehead atoms. The van der Waals surface area contributed by atoms with Gasteiger partial charge in [0.2, 0.25) is 5.91 Å². The zero-order valence-electron chi connectivity index (χ0n) is 15.6. The maximum Gasteiger partial charge on any atom is 0.411 e. The minimum absolute atomic E-state index is 0.0411. The molecule has 0 saturated carbocycles. The molecule has 6 nitrogen and oxygen atoms in total. The van der Waals surface area contributed by atoms with E-state index < -0.39 is 17.7 Å². The molecule has 6 heteroatoms. The lowest BCUT2D eigenvalue weighted by molar-refractivity contribution is -0.126. The molecule has 140 valence electrons. The zero-order valence-corrected chi connectivity index (χ0v) is 15.6. The Bertz CT molecular complexity index is 723. The van der Waals surface area contributed by atoms with Crippen LogP contribution in [0.3, 0.4) is 0 Å². The number of carbonyl (C=O) groups excluding carboxylic acids is 3. The first-order valence-corrected chi connectivity index (χ1v) is 9.14. The van der Waals surface area contributed by atoms with Crippen LogP contribution >= 0.6 is 0 Å². The van der Waals surface area contributed by atoms with E-state index in [0.29, 0.717) is 0 Å². The number of hydrogen-bond donors (Lipinski definition) is 1. The van der Waals surface area contributed by atoms with Gasteiger partial charge in [0, 0.05) is 6.42 Å². The Hall–Kier alpha value is -2.37. The number of benzene rings is 1. The topological polar surface area (TPSA) is 75.7 Å². The van der Waals surface area contributed by atoms with E-state index in [-0.39, 0.29) is 30.7 Å². The van der Waals surface area contributed by atoms with Crippen LogP contribution in [0.2, 0.25) is 0 Å². The number of fused-ring (bicyclic) bond motifs is 1. The van der Waals surface area contributed by atoms with Gasteiger partial charge in [-0.05, 0) is 51.2 Å². The number of nitrogens with zero attached hydrogens (tertiary/aromatic N) is 1. The minimum Gasteiger partial charge on any atom is -0.444 e. The van der Waals surface area contributed by atoms with Crippen molar-refractivity contribution in [3.05, 3.63) is 35.4 Å². The van der Waals surface area contributed by atoms with E-state index in [1.807, 2.05) is 18.2 Å². The Balaban J connectivity index is 1.72. The average molecular weight is 358 g/mol. The summed E-state index contributed by atoms with van der Waals surface area (Å²) in [6, 6.07) is 7.21. The van der Waals surface area contributed by atoms with E-state index in [0.717, 1.165) is 24.8 Å². The van der Waals surface area contributed by atoms with Crippen molar-refractivity contribution in [1.29, 1.82) is 0 Å². The molecule has 2 aliphatic rings. The molecule has 1 aliphatic heterocycles. The zero-order chi connectivity index (χ0) is 18.9. The first kappa shape index (κ1) is 18.4. The molecule has 1 aromatic rings. The second-order valence-corrected chi connectivity index (χ2v) is 8.02. The van der Waals surface area contributed by atoms with Crippen LogP contribution in [0, 0.1) is 0 Å². The number of Topliss-reactive ketones (excluding diaryl/α,β-unsaturated/α-hetero) is 1. The van der Waals surface area contributed by atoms with Crippen LogP contribution in [-0.4, -0.2) is 40.9 Å². The summed E-state index contributed by atoms with van der Waals surface area (Å²) in [4.78, 5) is 38.4. The number of ether oxygens (including phenoxy) is 1. The summed E-state index contributed by atoms with van der Waals surface area (Å²) in [5.74, 6) is -0.413. The fourth-order valence-corrected chi connectivity index (χ4v) is 3.61. The van der Waals surface area contributed by atoms with Crippen molar-refractivity contribution >= 4 is 17.8 Å². The number of ketones is 1. The first-order valence-electron chi connectivity index (χ1n) is 9.14. The molecule has 2 atom stereocenters. The Morgan fingerprint density at radius 1 is 1.23 bits per heavy atom. The highest BCUT2D eigenvalue weighted by molar-refractivity contribution is 5.97. The van der Waals surface area contributed by atoms with Gasteiger partial charge in [-0.3, -0.25) is 14.5 Å². The van der Waals surface area contributed by atoms with Crippen LogP contribution in [0.1, 0.15) is 57.2 Å². The van der Waals surface area contributed by atoms with E-state index in [1.165, 1.54) is 10.5 Å². The number of nitrogens with one attached hydrogen (secondary N) is 1. The van der Waals surface area contributed by atoms with Crippen LogP contribution in [-0.2, 0) is 20.7 Å². The van der Waals surface area contributed by atoms with Gasteiger partial charge in [0.15, 0.2) is 5.78 Å². The molecule has 26 heavy (non-hydrogen) atoms. The number of likely N-dealkylation sites (tertiary alicyclic amines) is 1. The molecule has 1 aromatic carbocycles. The fourth-order valence-electron chi connectivity index (χ4n) is 3.61. The van der Waals surface area contributed by atoms with E-state index >= 15 is 0 Å². The van der Waals surface area contributed by atoms with Crippen molar-refractivity contribution in [1.82, 2.24) is 10.2 Å². The van der Waals surface area contributed by atoms with Gasteiger partial charge in [-0.15, -0.1) is 0 Å². The lowest BCUT2D eigenvalue weighted by Gasteiger charge is -2.30. The fraction of sp³-hybridized carbons (Fsp3) is 0.550. The van der Waals surface area contributed by atoms with Crippen LogP contribution < -0.4 is 5.32 Å². The number of hydrogen-bond acceptors (Lipinski definition) is 4. The van der Waals surface area contributed by atoms with E-state index in [9.17, 15) is 14.4 Å². The highest BCUT2D eigenvalue weighted by Crippen LogP contribution is 2.30. The molecule has 1 saturated heterocycles. The lowest BCUT2D eigenvalue weighted by Crippen LogP contribution is -2.48. The third-order valence-electron chi connectivity index (χ3n) is 4.76. The second kappa shape index (κ2) is 7.09. The van der Waals surface area contributed by atoms with Crippen molar-refractivity contribution in [3.63, 3.8) is 0 Å². The molecule has 0 spiro atoms. The van der Waals surface area contributed by atoms with E-state index in [4.69, 9.17) is 4.74 Å². The Morgan fingerprint density at radius 3 is 2.69 bits per heavy atom. The van der Waals surface area contributed by atoms with Gasteiger partial charge in [0.1, 0.15) is 11.6 Å². The number of amides is 2. The third kappa shape index (κ3) is 4.06. The molecule has 1 aliphatic carbocycles. The van der Waals surface area contributed by atoms with Gasteiger partial charge in [-0.2, -0.15) is 0 Å². The highest BCUT2D eigenvalue weighted by Gasteiger charge is 2.41. The molecule has 1 unspecified atom stereocenters. The largest absolute Gasteiger partial charge is 0.444 e. The molecule has 2 amide bonds. The number of aryl methyl sites for hydroxylation is 1. The van der Waals surface area contributed by atoms with Gasteiger partial charge >= 0.3 is 6.09 Å². The van der Waals surface area contributed by atoms with Gasteiger partial charge in [-0.25, -0.2) is 4.79 Å². The average Bonchev–Trinajstić information content (AvgIpc) is 2.96. The maximum absolute atomic E-state index is 12.8. The molecule has 1 heterocycles. The maximum atomic E-state index is 12.8. The molecule has 0 aromatic heterocycles. The first-order chi connectivity index (χ1) is 12.2. The smallest absolute Gasteiger partial charge is 0.411 e. The summed E-state index contributed by atoms with van der Waals surface area (Å²) >= 11 is 0. The summed E-state index contributed by atoms with van der Waals surface area (Å²) in [7, 11) is 0. The van der Waals surface area contributed by atoms with Crippen molar-refractivity contribution in [2.75, 3.05) is 6.54 Å². The molecular formula is C20H26N2O4. The SMILES string of the molecule is CC(C)(C)OC(=O)N1CC(=O)C[C@H]1C(=O)NC1CCCc2ccccc21. The lowest BCUT2D eigenvalue weighted by atomic mass is 9.87. The molecule has 3 rings (SSSR count). The summed E-state index contributed by atoms with van der Waals surface area (Å²) in [6.07, 6.45) is 2.29. The van der Waals surface area contributed by atoms with Crippen LogP contribution in [0.5, 0.6) is 0 Å². The molecule has 1 fully saturated rings. The Kier molecular flexibility index (Phi) is 5.03. The van der Waals surface area contributed by atoms with Crippen LogP contribution in [0.4, 0.5) is 4.79 Å². The standard InChI is InChI=1S/C20H26N2O4/c1-20(2,3)26-19(25)22-12-14(23)11-17(22)18(24)21-16-10-6-8-13-7-4-5-9-15(13)16/h4-5,7,9,16-17H,6,8,10-12H2,1-3H3,(H,21,24)/t16?,17-/m0/s1. The molecular weight excluding hydrogens is 332 g/mol. The van der Waals surface area contributed by atoms with Crippen molar-refractivity contribution < 1.29 is 19.1 Å². The summed E-state index contributed by atoms with van der Waals surface area (Å²) in [6.45, 7) is 5.21. The van der Waals surface area contributed by atoms with Gasteiger partial charge in [0.05, 0.1) is 12.6 Å². The van der Waals surface area contributed by atoms with Gasteiger partial charge < -0.3 is 10.1 Å². The summed E-state index contributed by atoms with van der Waals surface area (Å²) < 4.78 is 5.35. The minimum atomic E-state index is -0.800. The molecule has 1 N–H and O–H groups in total. The van der Waals surface area contributed by atoms with Crippen LogP contribution in [0.25, 0.3) is 0 Å². The number of rotatable bonds is 2. The Labute approximate surface area is 153 Å². The molecule has 0 radical (unpaired) electrons. The monoisotopic (exact) mass is 358 g/mol. The van der Waals surface area contributed by atoms with Crippen molar-refractivity contribution in [3.8, 4) is 0 Å². The van der Waals surface area contributed by atoms with E-state index in [2.05, 4.69) is 11.4 Å². The summed E-state index contributed by atoms with van der Waals surface area (Å²) in [5, 5.41) is 3.04. The second-order valence-electron chi connectivity index (χ2n) is 8.02. The van der Waals surface area contributed by atoms with Crippen molar-refractivity contribution in [2.45, 2.75) is 64.1 Å². The van der Waals surface area contributed by atoms with E-state index in [1.54, 1.807) is 20.8 Å². The summed E-state index contributed by atoms with van der Waals surface area (Å²) in [5.41, 5.74) is 1.70. The van der Waals surface area contributed by atoms with Crippen LogP contribution in [0.15, 0.2) is 24.3 Å². The number of carbonyl (C=O) groups is 3.